The Morgan fingerprint density at radius 2 is 1.94 bits per heavy atom. The van der Waals surface area contributed by atoms with E-state index in [9.17, 15) is 10.2 Å². The molecule has 2 aliphatic heterocycles. The number of aliphatic hydroxyl groups is 2. The second-order valence-corrected chi connectivity index (χ2v) is 7.49. The van der Waals surface area contributed by atoms with Crippen molar-refractivity contribution in [2.45, 2.75) is 70.4 Å². The van der Waals surface area contributed by atoms with Gasteiger partial charge in [-0.25, -0.2) is 0 Å². The average Bonchev–Trinajstić information content (AvgIpc) is 2.40. The number of hydrogen-bond acceptors (Lipinski definition) is 3. The molecule has 1 saturated heterocycles. The molecule has 0 aromatic heterocycles. The van der Waals surface area contributed by atoms with Crippen molar-refractivity contribution in [1.29, 1.82) is 0 Å². The summed E-state index contributed by atoms with van der Waals surface area (Å²) in [7, 11) is 0. The first-order valence-electron chi connectivity index (χ1n) is 6.97. The summed E-state index contributed by atoms with van der Waals surface area (Å²) in [6.45, 7) is 8.35. The molecular weight excluding hydrogens is 228 g/mol. The molecule has 1 spiro atoms. The second-order valence-electron chi connectivity index (χ2n) is 7.49. The molecule has 3 heteroatoms. The summed E-state index contributed by atoms with van der Waals surface area (Å²) in [4.78, 5) is 0. The van der Waals surface area contributed by atoms with E-state index in [0.29, 0.717) is 12.8 Å². The number of rotatable bonds is 0. The van der Waals surface area contributed by atoms with Crippen LogP contribution in [-0.2, 0) is 4.74 Å². The van der Waals surface area contributed by atoms with E-state index >= 15 is 0 Å². The molecule has 2 fully saturated rings. The molecular formula is C15H24O3. The van der Waals surface area contributed by atoms with E-state index in [1.54, 1.807) is 0 Å². The van der Waals surface area contributed by atoms with Crippen LogP contribution < -0.4 is 0 Å². The van der Waals surface area contributed by atoms with E-state index in [4.69, 9.17) is 4.74 Å². The van der Waals surface area contributed by atoms with Gasteiger partial charge in [-0.2, -0.15) is 0 Å². The van der Waals surface area contributed by atoms with E-state index in [1.807, 2.05) is 13.0 Å². The fourth-order valence-electron chi connectivity index (χ4n) is 4.55. The number of fused-ring (bicyclic) bond motifs is 1. The number of hydrogen-bond donors (Lipinski definition) is 2. The van der Waals surface area contributed by atoms with Crippen LogP contribution in [0.25, 0.3) is 0 Å². The Kier molecular flexibility index (Phi) is 2.24. The Morgan fingerprint density at radius 1 is 1.28 bits per heavy atom. The molecule has 3 rings (SSSR count). The van der Waals surface area contributed by atoms with Crippen LogP contribution >= 0.6 is 0 Å². The standard InChI is InChI=1S/C15H24O3/c1-10-5-6-15(17)11(2)7-13(16)8-12(3,4)9-14(10,13)18-15/h7,10,16-17H,5-6,8-9H2,1-4H3. The Morgan fingerprint density at radius 3 is 2.61 bits per heavy atom. The molecule has 0 aromatic rings. The summed E-state index contributed by atoms with van der Waals surface area (Å²) in [6.07, 6.45) is 4.93. The van der Waals surface area contributed by atoms with Crippen molar-refractivity contribution < 1.29 is 14.9 Å². The summed E-state index contributed by atoms with van der Waals surface area (Å²) >= 11 is 0. The Balaban J connectivity index is 2.17. The molecule has 1 saturated carbocycles. The van der Waals surface area contributed by atoms with Gasteiger partial charge in [0.2, 0.25) is 0 Å². The quantitative estimate of drug-likeness (QED) is 0.651. The second kappa shape index (κ2) is 3.20. The molecule has 0 aromatic carbocycles. The fourth-order valence-corrected chi connectivity index (χ4v) is 4.55. The van der Waals surface area contributed by atoms with Crippen molar-refractivity contribution in [2.75, 3.05) is 0 Å². The third kappa shape index (κ3) is 1.36. The van der Waals surface area contributed by atoms with Crippen molar-refractivity contribution in [3.05, 3.63) is 11.6 Å². The van der Waals surface area contributed by atoms with Gasteiger partial charge >= 0.3 is 0 Å². The predicted molar refractivity (Wildman–Crippen MR) is 68.9 cm³/mol. The highest BCUT2D eigenvalue weighted by molar-refractivity contribution is 5.32. The maximum atomic E-state index is 11.1. The van der Waals surface area contributed by atoms with Crippen molar-refractivity contribution in [3.63, 3.8) is 0 Å². The van der Waals surface area contributed by atoms with E-state index in [-0.39, 0.29) is 11.3 Å². The molecule has 2 bridgehead atoms. The van der Waals surface area contributed by atoms with Crippen LogP contribution in [0.4, 0.5) is 0 Å². The van der Waals surface area contributed by atoms with Crippen molar-refractivity contribution in [1.82, 2.24) is 0 Å². The van der Waals surface area contributed by atoms with Gasteiger partial charge in [-0.15, -0.1) is 0 Å². The first-order valence-corrected chi connectivity index (χ1v) is 6.97. The third-order valence-electron chi connectivity index (χ3n) is 5.36. The van der Waals surface area contributed by atoms with Gasteiger partial charge in [0.1, 0.15) is 11.2 Å². The first-order chi connectivity index (χ1) is 8.13. The van der Waals surface area contributed by atoms with Gasteiger partial charge in [0.05, 0.1) is 0 Å². The molecule has 3 aliphatic rings. The predicted octanol–water partition coefficient (Wildman–Crippen LogP) is 2.37. The lowest BCUT2D eigenvalue weighted by atomic mass is 9.67. The minimum atomic E-state index is -1.15. The lowest BCUT2D eigenvalue weighted by molar-refractivity contribution is -0.328. The van der Waals surface area contributed by atoms with Crippen molar-refractivity contribution in [2.24, 2.45) is 11.3 Å². The smallest absolute Gasteiger partial charge is 0.188 e. The lowest BCUT2D eigenvalue weighted by Gasteiger charge is -2.56. The zero-order chi connectivity index (χ0) is 13.4. The van der Waals surface area contributed by atoms with Gasteiger partial charge in [0.15, 0.2) is 5.79 Å². The summed E-state index contributed by atoms with van der Waals surface area (Å²) in [5.41, 5.74) is -0.719. The van der Waals surface area contributed by atoms with Crippen LogP contribution in [0.15, 0.2) is 11.6 Å². The highest BCUT2D eigenvalue weighted by atomic mass is 16.7. The maximum Gasteiger partial charge on any atom is 0.188 e. The summed E-state index contributed by atoms with van der Waals surface area (Å²) < 4.78 is 6.12. The van der Waals surface area contributed by atoms with E-state index < -0.39 is 17.0 Å². The van der Waals surface area contributed by atoms with Crippen LogP contribution in [0, 0.1) is 11.3 Å². The SMILES string of the molecule is CC1=CC2(O)CC(C)(C)CC23OC1(O)CCC3C. The maximum absolute atomic E-state index is 11.1. The molecule has 2 N–H and O–H groups in total. The molecule has 1 aliphatic carbocycles. The normalized spacial score (nSPS) is 53.9. The Bertz CT molecular complexity index is 427. The van der Waals surface area contributed by atoms with Gasteiger partial charge in [-0.1, -0.05) is 20.8 Å². The molecule has 4 atom stereocenters. The first kappa shape index (κ1) is 12.6. The van der Waals surface area contributed by atoms with Gasteiger partial charge in [0.25, 0.3) is 0 Å². The zero-order valence-electron chi connectivity index (χ0n) is 11.8. The summed E-state index contributed by atoms with van der Waals surface area (Å²) in [5, 5.41) is 21.7. The van der Waals surface area contributed by atoms with Crippen LogP contribution in [0.1, 0.15) is 53.4 Å². The largest absolute Gasteiger partial charge is 0.383 e. The zero-order valence-corrected chi connectivity index (χ0v) is 11.8. The molecule has 0 radical (unpaired) electrons. The van der Waals surface area contributed by atoms with Gasteiger partial charge in [0, 0.05) is 6.42 Å². The van der Waals surface area contributed by atoms with Crippen LogP contribution in [0.3, 0.4) is 0 Å². The lowest BCUT2D eigenvalue weighted by Crippen LogP contribution is -2.65. The molecule has 102 valence electrons. The van der Waals surface area contributed by atoms with Crippen molar-refractivity contribution in [3.8, 4) is 0 Å². The van der Waals surface area contributed by atoms with Gasteiger partial charge < -0.3 is 14.9 Å². The highest BCUT2D eigenvalue weighted by Crippen LogP contribution is 2.62. The topological polar surface area (TPSA) is 49.7 Å². The number of ether oxygens (including phenoxy) is 1. The van der Waals surface area contributed by atoms with Gasteiger partial charge in [-0.05, 0) is 49.2 Å². The van der Waals surface area contributed by atoms with E-state index in [1.165, 1.54) is 0 Å². The minimum Gasteiger partial charge on any atom is -0.383 e. The molecule has 2 heterocycles. The highest BCUT2D eigenvalue weighted by Gasteiger charge is 2.68. The van der Waals surface area contributed by atoms with Crippen LogP contribution in [0.5, 0.6) is 0 Å². The minimum absolute atomic E-state index is 0.0440. The van der Waals surface area contributed by atoms with Crippen molar-refractivity contribution >= 4 is 0 Å². The average molecular weight is 252 g/mol. The van der Waals surface area contributed by atoms with E-state index in [0.717, 1.165) is 18.4 Å². The third-order valence-corrected chi connectivity index (χ3v) is 5.36. The van der Waals surface area contributed by atoms with Crippen LogP contribution in [-0.4, -0.2) is 27.2 Å². The monoisotopic (exact) mass is 252 g/mol. The Hall–Kier alpha value is -0.380. The summed E-state index contributed by atoms with van der Waals surface area (Å²) in [6, 6.07) is 0. The fraction of sp³-hybridized carbons (Fsp3) is 0.867. The summed E-state index contributed by atoms with van der Waals surface area (Å²) in [5.74, 6) is -0.881. The Labute approximate surface area is 109 Å². The van der Waals surface area contributed by atoms with Gasteiger partial charge in [-0.3, -0.25) is 0 Å². The molecule has 18 heavy (non-hydrogen) atoms. The molecule has 3 nitrogen and oxygen atoms in total. The molecule has 4 unspecified atom stereocenters. The van der Waals surface area contributed by atoms with Crippen LogP contribution in [0.2, 0.25) is 0 Å². The molecule has 0 amide bonds. The van der Waals surface area contributed by atoms with E-state index in [2.05, 4.69) is 20.8 Å².